The fourth-order valence-electron chi connectivity index (χ4n) is 3.59. The van der Waals surface area contributed by atoms with E-state index in [1.54, 1.807) is 7.11 Å². The first kappa shape index (κ1) is 15.9. The second-order valence-electron chi connectivity index (χ2n) is 6.03. The van der Waals surface area contributed by atoms with E-state index >= 15 is 0 Å². The van der Waals surface area contributed by atoms with E-state index in [1.807, 2.05) is 24.3 Å². The largest absolute Gasteiger partial charge is 0.497 e. The van der Waals surface area contributed by atoms with Crippen molar-refractivity contribution >= 4 is 5.57 Å². The normalized spacial score (nSPS) is 20.5. The maximum atomic E-state index is 9.69. The molecule has 2 aliphatic carbocycles. The van der Waals surface area contributed by atoms with Gasteiger partial charge in [0.1, 0.15) is 17.9 Å². The van der Waals surface area contributed by atoms with Gasteiger partial charge in [-0.3, -0.25) is 0 Å². The van der Waals surface area contributed by atoms with Gasteiger partial charge >= 0.3 is 0 Å². The summed E-state index contributed by atoms with van der Waals surface area (Å²) in [6.45, 7) is 0. The van der Waals surface area contributed by atoms with Crippen LogP contribution in [0.2, 0.25) is 0 Å². The standard InChI is InChI=1S/C20H19N3O/c1-24-14-9-7-13(8-10-14)19-16-6-4-2-3-5-15(16)17(11-21)20(23)18(19)12-22/h5,7-10,16H,2-4,6,23H2,1H3/t16-/m0/s1. The fraction of sp³-hybridized carbons (Fsp3) is 0.300. The molecule has 0 bridgehead atoms. The quantitative estimate of drug-likeness (QED) is 0.898. The summed E-state index contributed by atoms with van der Waals surface area (Å²) in [4.78, 5) is 0. The Morgan fingerprint density at radius 1 is 1.08 bits per heavy atom. The smallest absolute Gasteiger partial charge is 0.118 e. The molecule has 4 heteroatoms. The molecule has 0 aromatic heterocycles. The minimum absolute atomic E-state index is 0.0532. The van der Waals surface area contributed by atoms with Crippen LogP contribution < -0.4 is 10.5 Å². The Bertz CT molecular complexity index is 829. The highest BCUT2D eigenvalue weighted by Gasteiger charge is 2.33. The van der Waals surface area contributed by atoms with Gasteiger partial charge in [-0.1, -0.05) is 24.6 Å². The van der Waals surface area contributed by atoms with Gasteiger partial charge in [-0.25, -0.2) is 0 Å². The second-order valence-corrected chi connectivity index (χ2v) is 6.03. The molecule has 120 valence electrons. The van der Waals surface area contributed by atoms with E-state index in [4.69, 9.17) is 10.5 Å². The minimum atomic E-state index is 0.0532. The van der Waals surface area contributed by atoms with Crippen molar-refractivity contribution in [3.8, 4) is 17.9 Å². The van der Waals surface area contributed by atoms with Crippen molar-refractivity contribution in [1.82, 2.24) is 0 Å². The van der Waals surface area contributed by atoms with Crippen molar-refractivity contribution in [2.24, 2.45) is 11.7 Å². The van der Waals surface area contributed by atoms with Gasteiger partial charge in [0.25, 0.3) is 0 Å². The molecule has 2 aliphatic rings. The number of rotatable bonds is 2. The summed E-state index contributed by atoms with van der Waals surface area (Å²) in [6.07, 6.45) is 6.16. The van der Waals surface area contributed by atoms with Gasteiger partial charge in [0.05, 0.1) is 24.0 Å². The zero-order chi connectivity index (χ0) is 17.1. The molecule has 2 N–H and O–H groups in total. The lowest BCUT2D eigenvalue weighted by atomic mass is 9.74. The van der Waals surface area contributed by atoms with E-state index in [1.165, 1.54) is 0 Å². The molecule has 0 saturated heterocycles. The molecular weight excluding hydrogens is 298 g/mol. The molecule has 0 spiro atoms. The summed E-state index contributed by atoms with van der Waals surface area (Å²) in [6, 6.07) is 12.1. The van der Waals surface area contributed by atoms with Crippen LogP contribution in [-0.2, 0) is 0 Å². The predicted octanol–water partition coefficient (Wildman–Crippen LogP) is 3.84. The van der Waals surface area contributed by atoms with Gasteiger partial charge < -0.3 is 10.5 Å². The number of ether oxygens (including phenoxy) is 1. The number of fused-ring (bicyclic) bond motifs is 1. The first-order valence-electron chi connectivity index (χ1n) is 8.10. The maximum absolute atomic E-state index is 9.69. The summed E-state index contributed by atoms with van der Waals surface area (Å²) in [5.41, 5.74) is 10.3. The third-order valence-electron chi connectivity index (χ3n) is 4.76. The zero-order valence-corrected chi connectivity index (χ0v) is 13.7. The van der Waals surface area contributed by atoms with Crippen molar-refractivity contribution < 1.29 is 4.74 Å². The molecule has 4 nitrogen and oxygen atoms in total. The van der Waals surface area contributed by atoms with Crippen molar-refractivity contribution in [2.75, 3.05) is 7.11 Å². The SMILES string of the molecule is COc1ccc(C2=C(C#N)C(N)=C(C#N)C3=CCCCC[C@@H]32)cc1. The molecule has 0 fully saturated rings. The monoisotopic (exact) mass is 317 g/mol. The predicted molar refractivity (Wildman–Crippen MR) is 92.4 cm³/mol. The average Bonchev–Trinajstić information content (AvgIpc) is 2.86. The first-order chi connectivity index (χ1) is 11.7. The maximum Gasteiger partial charge on any atom is 0.118 e. The van der Waals surface area contributed by atoms with Gasteiger partial charge in [-0.2, -0.15) is 10.5 Å². The van der Waals surface area contributed by atoms with Crippen LogP contribution in [0.4, 0.5) is 0 Å². The number of hydrogen-bond donors (Lipinski definition) is 1. The molecule has 1 aromatic rings. The van der Waals surface area contributed by atoms with Crippen LogP contribution in [0.1, 0.15) is 31.2 Å². The van der Waals surface area contributed by atoms with Crippen LogP contribution in [0.5, 0.6) is 5.75 Å². The summed E-state index contributed by atoms with van der Waals surface area (Å²) in [5, 5.41) is 19.2. The summed E-state index contributed by atoms with van der Waals surface area (Å²) >= 11 is 0. The molecule has 24 heavy (non-hydrogen) atoms. The highest BCUT2D eigenvalue weighted by molar-refractivity contribution is 5.84. The van der Waals surface area contributed by atoms with Crippen molar-refractivity contribution in [2.45, 2.75) is 25.7 Å². The highest BCUT2D eigenvalue weighted by atomic mass is 16.5. The van der Waals surface area contributed by atoms with Crippen LogP contribution in [0.15, 0.2) is 52.8 Å². The lowest BCUT2D eigenvalue weighted by Gasteiger charge is -2.29. The molecule has 0 radical (unpaired) electrons. The van der Waals surface area contributed by atoms with Crippen LogP contribution in [-0.4, -0.2) is 7.11 Å². The van der Waals surface area contributed by atoms with Gasteiger partial charge in [0.2, 0.25) is 0 Å². The van der Waals surface area contributed by atoms with Crippen molar-refractivity contribution in [3.05, 3.63) is 58.3 Å². The van der Waals surface area contributed by atoms with E-state index in [9.17, 15) is 10.5 Å². The fourth-order valence-corrected chi connectivity index (χ4v) is 3.59. The molecule has 1 atom stereocenters. The summed E-state index contributed by atoms with van der Waals surface area (Å²) < 4.78 is 5.22. The molecule has 3 rings (SSSR count). The lowest BCUT2D eigenvalue weighted by molar-refractivity contribution is 0.415. The number of methoxy groups -OCH3 is 1. The van der Waals surface area contributed by atoms with Crippen molar-refractivity contribution in [3.63, 3.8) is 0 Å². The zero-order valence-electron chi connectivity index (χ0n) is 13.7. The van der Waals surface area contributed by atoms with Crippen LogP contribution in [0, 0.1) is 28.6 Å². The summed E-state index contributed by atoms with van der Waals surface area (Å²) in [5.74, 6) is 0.823. The van der Waals surface area contributed by atoms with Gasteiger partial charge in [0, 0.05) is 5.92 Å². The van der Waals surface area contributed by atoms with Gasteiger partial charge in [-0.05, 0) is 48.1 Å². The Balaban J connectivity index is 2.24. The number of benzene rings is 1. The molecule has 0 amide bonds. The third kappa shape index (κ3) is 2.57. The molecule has 0 heterocycles. The van der Waals surface area contributed by atoms with Gasteiger partial charge in [-0.15, -0.1) is 0 Å². The molecule has 0 unspecified atom stereocenters. The van der Waals surface area contributed by atoms with Crippen LogP contribution in [0.25, 0.3) is 5.57 Å². The van der Waals surface area contributed by atoms with E-state index < -0.39 is 0 Å². The Morgan fingerprint density at radius 2 is 1.79 bits per heavy atom. The minimum Gasteiger partial charge on any atom is -0.497 e. The van der Waals surface area contributed by atoms with E-state index in [2.05, 4.69) is 18.2 Å². The number of nitriles is 2. The van der Waals surface area contributed by atoms with Crippen LogP contribution >= 0.6 is 0 Å². The van der Waals surface area contributed by atoms with Crippen LogP contribution in [0.3, 0.4) is 0 Å². The number of hydrogen-bond acceptors (Lipinski definition) is 4. The highest BCUT2D eigenvalue weighted by Crippen LogP contribution is 2.45. The Kier molecular flexibility index (Phi) is 4.40. The number of nitrogens with two attached hydrogens (primary N) is 1. The van der Waals surface area contributed by atoms with E-state index in [0.29, 0.717) is 16.8 Å². The Labute approximate surface area is 142 Å². The average molecular weight is 317 g/mol. The van der Waals surface area contributed by atoms with E-state index in [-0.39, 0.29) is 5.92 Å². The molecule has 0 saturated carbocycles. The molecule has 0 aliphatic heterocycles. The molecular formula is C20H19N3O. The molecule has 1 aromatic carbocycles. The Hall–Kier alpha value is -2.98. The number of allylic oxidation sites excluding steroid dienone is 5. The van der Waals surface area contributed by atoms with E-state index in [0.717, 1.165) is 48.1 Å². The Morgan fingerprint density at radius 3 is 2.42 bits per heavy atom. The summed E-state index contributed by atoms with van der Waals surface area (Å²) in [7, 11) is 1.63. The topological polar surface area (TPSA) is 82.8 Å². The number of nitrogens with zero attached hydrogens (tertiary/aromatic N) is 2. The van der Waals surface area contributed by atoms with Crippen molar-refractivity contribution in [1.29, 1.82) is 10.5 Å². The first-order valence-corrected chi connectivity index (χ1v) is 8.10. The lowest BCUT2D eigenvalue weighted by Crippen LogP contribution is -2.20. The second kappa shape index (κ2) is 6.64. The van der Waals surface area contributed by atoms with Gasteiger partial charge in [0.15, 0.2) is 0 Å². The third-order valence-corrected chi connectivity index (χ3v) is 4.76.